The molecule has 11 heteroatoms. The van der Waals surface area contributed by atoms with Gasteiger partial charge in [-0.3, -0.25) is 9.13 Å². The standard InChI is InChI=1S/C43H42O8P2S/c1-31-15-16-34(27-32(31)29-52(44,45)38-11-7-5-8-12-38)43(2,3)35-17-26-42(33(28-35)30-53(46,47)39-13-9-6-10-14-39)51-37-20-24-41(25-21-37)54(48,49)40-22-18-36(50-4)19-23-40/h5-28H,29-30H2,1-4H3,(H,44,45)(H,46,47). The van der Waals surface area contributed by atoms with Crippen molar-refractivity contribution in [3.63, 3.8) is 0 Å². The van der Waals surface area contributed by atoms with Crippen LogP contribution in [0.3, 0.4) is 0 Å². The van der Waals surface area contributed by atoms with Crippen molar-refractivity contribution >= 4 is 35.2 Å². The minimum Gasteiger partial charge on any atom is -0.497 e. The van der Waals surface area contributed by atoms with Crippen molar-refractivity contribution in [3.05, 3.63) is 173 Å². The predicted octanol–water partition coefficient (Wildman–Crippen LogP) is 9.15. The van der Waals surface area contributed by atoms with Gasteiger partial charge in [0.25, 0.3) is 0 Å². The van der Waals surface area contributed by atoms with Crippen LogP contribution in [0.25, 0.3) is 0 Å². The highest BCUT2D eigenvalue weighted by Gasteiger charge is 2.30. The summed E-state index contributed by atoms with van der Waals surface area (Å²) in [5.41, 5.74) is 3.25. The monoisotopic (exact) mass is 780 g/mol. The van der Waals surface area contributed by atoms with Crippen LogP contribution in [0.5, 0.6) is 17.2 Å². The normalized spacial score (nSPS) is 14.1. The molecule has 54 heavy (non-hydrogen) atoms. The summed E-state index contributed by atoms with van der Waals surface area (Å²) in [5, 5.41) is 0.707. The van der Waals surface area contributed by atoms with Crippen LogP contribution in [0, 0.1) is 6.92 Å². The molecule has 6 rings (SSSR count). The summed E-state index contributed by atoms with van der Waals surface area (Å²) in [6, 6.07) is 40.7. The number of hydrogen-bond donors (Lipinski definition) is 2. The molecular weight excluding hydrogens is 738 g/mol. The van der Waals surface area contributed by atoms with E-state index in [0.717, 1.165) is 22.3 Å². The fraction of sp³-hybridized carbons (Fsp3) is 0.163. The lowest BCUT2D eigenvalue weighted by atomic mass is 9.77. The van der Waals surface area contributed by atoms with Gasteiger partial charge in [0.15, 0.2) is 0 Å². The van der Waals surface area contributed by atoms with Gasteiger partial charge >= 0.3 is 0 Å². The molecule has 0 amide bonds. The van der Waals surface area contributed by atoms with Gasteiger partial charge in [0, 0.05) is 21.6 Å². The van der Waals surface area contributed by atoms with Crippen molar-refractivity contribution in [2.45, 2.75) is 48.3 Å². The van der Waals surface area contributed by atoms with E-state index in [1.165, 1.54) is 31.4 Å². The number of rotatable bonds is 13. The molecule has 2 atom stereocenters. The molecule has 278 valence electrons. The second-order valence-corrected chi connectivity index (χ2v) is 20.2. The topological polar surface area (TPSA) is 127 Å². The van der Waals surface area contributed by atoms with Crippen LogP contribution >= 0.6 is 14.7 Å². The first-order chi connectivity index (χ1) is 25.6. The van der Waals surface area contributed by atoms with E-state index in [1.807, 2.05) is 57.2 Å². The van der Waals surface area contributed by atoms with E-state index >= 15 is 0 Å². The molecule has 0 fully saturated rings. The highest BCUT2D eigenvalue weighted by molar-refractivity contribution is 7.91. The number of ether oxygens (including phenoxy) is 2. The third-order valence-corrected chi connectivity index (χ3v) is 15.2. The lowest BCUT2D eigenvalue weighted by Crippen LogP contribution is -2.20. The van der Waals surface area contributed by atoms with Crippen molar-refractivity contribution in [1.29, 1.82) is 0 Å². The second-order valence-electron chi connectivity index (χ2n) is 13.7. The van der Waals surface area contributed by atoms with Gasteiger partial charge in [0.05, 0.1) is 29.2 Å². The Balaban J connectivity index is 1.34. The smallest absolute Gasteiger partial charge is 0.234 e. The van der Waals surface area contributed by atoms with Crippen LogP contribution in [-0.2, 0) is 36.7 Å². The first-order valence-corrected chi connectivity index (χ1v) is 22.4. The lowest BCUT2D eigenvalue weighted by molar-refractivity contribution is 0.414. The third kappa shape index (κ3) is 8.47. The zero-order chi connectivity index (χ0) is 38.7. The quantitative estimate of drug-likeness (QED) is 0.111. The number of aryl methyl sites for hydroxylation is 1. The lowest BCUT2D eigenvalue weighted by Gasteiger charge is -2.29. The maximum Gasteiger partial charge on any atom is 0.234 e. The minimum absolute atomic E-state index is 0.0181. The highest BCUT2D eigenvalue weighted by atomic mass is 32.2. The van der Waals surface area contributed by atoms with Crippen molar-refractivity contribution in [1.82, 2.24) is 0 Å². The number of methoxy groups -OCH3 is 1. The van der Waals surface area contributed by atoms with Gasteiger partial charge in [0.2, 0.25) is 24.6 Å². The SMILES string of the molecule is COc1ccc(S(=O)(=O)c2ccc(Oc3ccc(C(C)(C)c4ccc(C)c(CP(=O)(O)c5ccccc5)c4)cc3CP(=O)(O)c3ccccc3)cc2)cc1. The zero-order valence-corrected chi connectivity index (χ0v) is 33.0. The number of benzene rings is 6. The molecule has 0 saturated carbocycles. The number of sulfone groups is 1. The van der Waals surface area contributed by atoms with Crippen LogP contribution in [0.15, 0.2) is 155 Å². The summed E-state index contributed by atoms with van der Waals surface area (Å²) in [6.45, 7) is 5.99. The van der Waals surface area contributed by atoms with Gasteiger partial charge in [-0.05, 0) is 108 Å². The Bertz CT molecular complexity index is 2470. The van der Waals surface area contributed by atoms with E-state index in [9.17, 15) is 27.3 Å². The van der Waals surface area contributed by atoms with E-state index in [0.29, 0.717) is 33.4 Å². The first kappa shape index (κ1) is 39.0. The van der Waals surface area contributed by atoms with Crippen molar-refractivity contribution in [2.24, 2.45) is 0 Å². The van der Waals surface area contributed by atoms with Gasteiger partial charge in [0.1, 0.15) is 17.2 Å². The Morgan fingerprint density at radius 1 is 0.593 bits per heavy atom. The van der Waals surface area contributed by atoms with Crippen molar-refractivity contribution < 1.29 is 36.8 Å². The van der Waals surface area contributed by atoms with Crippen LogP contribution in [0.1, 0.15) is 41.7 Å². The Labute approximate surface area is 316 Å². The molecule has 0 aromatic heterocycles. The molecule has 0 spiro atoms. The molecule has 6 aromatic rings. The van der Waals surface area contributed by atoms with Gasteiger partial charge in [-0.1, -0.05) is 80.6 Å². The summed E-state index contributed by atoms with van der Waals surface area (Å²) in [5.74, 6) is 1.24. The Hall–Kier alpha value is -4.75. The summed E-state index contributed by atoms with van der Waals surface area (Å²) >= 11 is 0. The molecule has 6 aromatic carbocycles. The molecular formula is C43H42O8P2S. The summed E-state index contributed by atoms with van der Waals surface area (Å²) in [4.78, 5) is 22.6. The highest BCUT2D eigenvalue weighted by Crippen LogP contribution is 2.48. The molecule has 0 saturated heterocycles. The van der Waals surface area contributed by atoms with Gasteiger partial charge in [-0.2, -0.15) is 0 Å². The van der Waals surface area contributed by atoms with Crippen LogP contribution < -0.4 is 20.1 Å². The summed E-state index contributed by atoms with van der Waals surface area (Å²) < 4.78 is 65.4. The Morgan fingerprint density at radius 2 is 1.04 bits per heavy atom. The molecule has 2 N–H and O–H groups in total. The van der Waals surface area contributed by atoms with E-state index in [1.54, 1.807) is 84.9 Å². The average molecular weight is 781 g/mol. The second kappa shape index (κ2) is 15.5. The average Bonchev–Trinajstić information content (AvgIpc) is 3.17. The summed E-state index contributed by atoms with van der Waals surface area (Å²) in [7, 11) is -9.89. The fourth-order valence-electron chi connectivity index (χ4n) is 6.26. The molecule has 0 aliphatic rings. The number of hydrogen-bond acceptors (Lipinski definition) is 6. The van der Waals surface area contributed by atoms with Gasteiger partial charge in [-0.25, -0.2) is 8.42 Å². The van der Waals surface area contributed by atoms with Crippen LogP contribution in [-0.4, -0.2) is 25.3 Å². The largest absolute Gasteiger partial charge is 0.497 e. The van der Waals surface area contributed by atoms with E-state index in [-0.39, 0.29) is 22.1 Å². The van der Waals surface area contributed by atoms with Gasteiger partial charge in [-0.15, -0.1) is 0 Å². The molecule has 2 unspecified atom stereocenters. The Morgan fingerprint density at radius 3 is 1.54 bits per heavy atom. The van der Waals surface area contributed by atoms with Gasteiger partial charge < -0.3 is 19.3 Å². The zero-order valence-electron chi connectivity index (χ0n) is 30.4. The fourth-order valence-corrected chi connectivity index (χ4v) is 10.7. The molecule has 0 heterocycles. The Kier molecular flexibility index (Phi) is 11.2. The molecule has 0 aliphatic heterocycles. The maximum absolute atomic E-state index is 13.9. The van der Waals surface area contributed by atoms with Crippen LogP contribution in [0.2, 0.25) is 0 Å². The van der Waals surface area contributed by atoms with E-state index < -0.39 is 30.0 Å². The minimum atomic E-state index is -3.91. The van der Waals surface area contributed by atoms with E-state index in [4.69, 9.17) is 9.47 Å². The van der Waals surface area contributed by atoms with E-state index in [2.05, 4.69) is 0 Å². The van der Waals surface area contributed by atoms with Crippen molar-refractivity contribution in [2.75, 3.05) is 7.11 Å². The third-order valence-electron chi connectivity index (χ3n) is 9.67. The maximum atomic E-state index is 13.9. The van der Waals surface area contributed by atoms with Crippen LogP contribution in [0.4, 0.5) is 0 Å². The summed E-state index contributed by atoms with van der Waals surface area (Å²) in [6.07, 6.45) is -0.236. The first-order valence-electron chi connectivity index (χ1n) is 17.3. The van der Waals surface area contributed by atoms with Crippen molar-refractivity contribution in [3.8, 4) is 17.2 Å². The predicted molar refractivity (Wildman–Crippen MR) is 214 cm³/mol. The molecule has 8 nitrogen and oxygen atoms in total. The molecule has 0 aliphatic carbocycles. The molecule has 0 radical (unpaired) electrons. The molecule has 0 bridgehead atoms.